The Balaban J connectivity index is 1.43. The van der Waals surface area contributed by atoms with Gasteiger partial charge in [0.2, 0.25) is 10.0 Å². The minimum atomic E-state index is -3.83. The summed E-state index contributed by atoms with van der Waals surface area (Å²) in [7, 11) is -7.32. The molecular formula is C21H25N3O6S2. The van der Waals surface area contributed by atoms with E-state index in [9.17, 15) is 21.6 Å². The topological polar surface area (TPSA) is 113 Å². The lowest BCUT2D eigenvalue weighted by Crippen LogP contribution is -2.43. The predicted octanol–water partition coefficient (Wildman–Crippen LogP) is 0.830. The molecule has 11 heteroatoms. The first kappa shape index (κ1) is 22.7. The molecule has 1 fully saturated rings. The van der Waals surface area contributed by atoms with Gasteiger partial charge in [0.15, 0.2) is 0 Å². The highest BCUT2D eigenvalue weighted by Crippen LogP contribution is 2.32. The summed E-state index contributed by atoms with van der Waals surface area (Å²) in [6.07, 6.45) is 0.632. The number of sulfonamides is 2. The van der Waals surface area contributed by atoms with Crippen molar-refractivity contribution in [3.05, 3.63) is 59.7 Å². The highest BCUT2D eigenvalue weighted by Gasteiger charge is 2.31. The third kappa shape index (κ3) is 4.65. The van der Waals surface area contributed by atoms with E-state index in [4.69, 9.17) is 4.74 Å². The Bertz CT molecular complexity index is 1210. The van der Waals surface area contributed by atoms with Crippen LogP contribution in [-0.2, 0) is 31.2 Å². The number of fused-ring (bicyclic) bond motifs is 1. The standard InChI is InChI=1S/C21H25N3O6S2/c25-21(22-9-15-31(26,27)23-11-13-30-14-12-23)18-5-3-6-19(16-18)32(28,29)24-10-8-17-4-1-2-7-20(17)24/h1-7,16H,8-15H2,(H,22,25). The van der Waals surface area contributed by atoms with E-state index < -0.39 is 26.0 Å². The van der Waals surface area contributed by atoms with Gasteiger partial charge in [-0.05, 0) is 36.2 Å². The summed E-state index contributed by atoms with van der Waals surface area (Å²) >= 11 is 0. The largest absolute Gasteiger partial charge is 0.379 e. The van der Waals surface area contributed by atoms with Crippen LogP contribution >= 0.6 is 0 Å². The van der Waals surface area contributed by atoms with Crippen LogP contribution in [0.25, 0.3) is 0 Å². The van der Waals surface area contributed by atoms with Gasteiger partial charge >= 0.3 is 0 Å². The number of nitrogens with one attached hydrogen (secondary N) is 1. The summed E-state index contributed by atoms with van der Waals surface area (Å²) in [5, 5.41) is 2.57. The molecule has 1 amide bonds. The monoisotopic (exact) mass is 479 g/mol. The molecule has 32 heavy (non-hydrogen) atoms. The molecule has 0 unspecified atom stereocenters. The average Bonchev–Trinajstić information content (AvgIpc) is 3.25. The zero-order chi connectivity index (χ0) is 22.8. The highest BCUT2D eigenvalue weighted by molar-refractivity contribution is 7.92. The third-order valence-corrected chi connectivity index (χ3v) is 9.22. The SMILES string of the molecule is O=C(NCCS(=O)(=O)N1CCOCC1)c1cccc(S(=O)(=O)N2CCc3ccccc32)c1. The number of carbonyl (C=O) groups excluding carboxylic acids is 1. The number of para-hydroxylation sites is 1. The number of hydrogen-bond donors (Lipinski definition) is 1. The summed E-state index contributed by atoms with van der Waals surface area (Å²) in [6.45, 7) is 1.58. The van der Waals surface area contributed by atoms with Gasteiger partial charge in [0.05, 0.1) is 29.5 Å². The number of anilines is 1. The fourth-order valence-electron chi connectivity index (χ4n) is 3.83. The minimum Gasteiger partial charge on any atom is -0.379 e. The number of hydrogen-bond acceptors (Lipinski definition) is 6. The van der Waals surface area contributed by atoms with Gasteiger partial charge in [-0.2, -0.15) is 4.31 Å². The van der Waals surface area contributed by atoms with Crippen molar-refractivity contribution in [3.63, 3.8) is 0 Å². The number of morpholine rings is 1. The van der Waals surface area contributed by atoms with E-state index in [2.05, 4.69) is 5.32 Å². The van der Waals surface area contributed by atoms with Gasteiger partial charge in [-0.1, -0.05) is 24.3 Å². The Morgan fingerprint density at radius 1 is 0.969 bits per heavy atom. The first-order valence-electron chi connectivity index (χ1n) is 10.3. The van der Waals surface area contributed by atoms with Crippen molar-refractivity contribution in [1.29, 1.82) is 0 Å². The van der Waals surface area contributed by atoms with Gasteiger partial charge in [-0.3, -0.25) is 9.10 Å². The van der Waals surface area contributed by atoms with Crippen molar-refractivity contribution in [2.24, 2.45) is 0 Å². The molecule has 2 aliphatic rings. The van der Waals surface area contributed by atoms with Crippen LogP contribution in [0.4, 0.5) is 5.69 Å². The highest BCUT2D eigenvalue weighted by atomic mass is 32.2. The second kappa shape index (κ2) is 9.18. The van der Waals surface area contributed by atoms with Crippen molar-refractivity contribution in [1.82, 2.24) is 9.62 Å². The summed E-state index contributed by atoms with van der Waals surface area (Å²) in [5.41, 5.74) is 1.77. The van der Waals surface area contributed by atoms with Crippen LogP contribution in [-0.4, -0.2) is 72.2 Å². The van der Waals surface area contributed by atoms with Crippen LogP contribution < -0.4 is 9.62 Å². The molecule has 1 saturated heterocycles. The lowest BCUT2D eigenvalue weighted by atomic mass is 10.2. The van der Waals surface area contributed by atoms with E-state index in [1.165, 1.54) is 32.9 Å². The molecule has 1 N–H and O–H groups in total. The maximum atomic E-state index is 13.2. The Morgan fingerprint density at radius 3 is 2.50 bits per heavy atom. The summed E-state index contributed by atoms with van der Waals surface area (Å²) in [4.78, 5) is 12.6. The maximum absolute atomic E-state index is 13.2. The quantitative estimate of drug-likeness (QED) is 0.629. The third-order valence-electron chi connectivity index (χ3n) is 5.54. The smallest absolute Gasteiger partial charge is 0.264 e. The van der Waals surface area contributed by atoms with Gasteiger partial charge in [0.1, 0.15) is 0 Å². The van der Waals surface area contributed by atoms with Crippen molar-refractivity contribution in [3.8, 4) is 0 Å². The lowest BCUT2D eigenvalue weighted by molar-refractivity contribution is 0.0730. The van der Waals surface area contributed by atoms with Crippen LogP contribution in [0.2, 0.25) is 0 Å². The Labute approximate surface area is 188 Å². The molecule has 2 aliphatic heterocycles. The molecule has 0 spiro atoms. The molecule has 4 rings (SSSR count). The minimum absolute atomic E-state index is 0.0165. The summed E-state index contributed by atoms with van der Waals surface area (Å²) in [5.74, 6) is -0.762. The fraction of sp³-hybridized carbons (Fsp3) is 0.381. The van der Waals surface area contributed by atoms with Crippen LogP contribution in [0, 0.1) is 0 Å². The number of ether oxygens (including phenoxy) is 1. The average molecular weight is 480 g/mol. The molecule has 0 aromatic heterocycles. The zero-order valence-corrected chi connectivity index (χ0v) is 19.1. The Kier molecular flexibility index (Phi) is 6.52. The second-order valence-corrected chi connectivity index (χ2v) is 11.5. The van der Waals surface area contributed by atoms with Crippen molar-refractivity contribution in [2.45, 2.75) is 11.3 Å². The van der Waals surface area contributed by atoms with Crippen molar-refractivity contribution >= 4 is 31.6 Å². The molecule has 0 aliphatic carbocycles. The van der Waals surface area contributed by atoms with Gasteiger partial charge in [0, 0.05) is 31.7 Å². The number of carbonyl (C=O) groups is 1. The van der Waals surface area contributed by atoms with E-state index in [-0.39, 0.29) is 22.8 Å². The molecule has 0 saturated carbocycles. The predicted molar refractivity (Wildman–Crippen MR) is 120 cm³/mol. The molecule has 0 bridgehead atoms. The van der Waals surface area contributed by atoms with E-state index in [0.717, 1.165) is 5.56 Å². The molecule has 9 nitrogen and oxygen atoms in total. The van der Waals surface area contributed by atoms with E-state index in [1.54, 1.807) is 12.1 Å². The molecule has 2 aromatic rings. The zero-order valence-electron chi connectivity index (χ0n) is 17.4. The first-order valence-corrected chi connectivity index (χ1v) is 13.4. The lowest BCUT2D eigenvalue weighted by Gasteiger charge is -2.26. The number of amides is 1. The van der Waals surface area contributed by atoms with E-state index >= 15 is 0 Å². The Morgan fingerprint density at radius 2 is 1.72 bits per heavy atom. The number of benzene rings is 2. The van der Waals surface area contributed by atoms with E-state index in [1.807, 2.05) is 12.1 Å². The second-order valence-electron chi connectivity index (χ2n) is 7.57. The number of nitrogens with zero attached hydrogens (tertiary/aromatic N) is 2. The normalized spacial score (nSPS) is 17.2. The molecule has 2 aromatic carbocycles. The van der Waals surface area contributed by atoms with Gasteiger partial charge < -0.3 is 10.1 Å². The summed E-state index contributed by atoms with van der Waals surface area (Å²) < 4.78 is 59.0. The van der Waals surface area contributed by atoms with Crippen LogP contribution in [0.3, 0.4) is 0 Å². The van der Waals surface area contributed by atoms with Crippen LogP contribution in [0.5, 0.6) is 0 Å². The molecule has 0 radical (unpaired) electrons. The molecule has 172 valence electrons. The van der Waals surface area contributed by atoms with Gasteiger partial charge in [-0.25, -0.2) is 16.8 Å². The van der Waals surface area contributed by atoms with E-state index in [0.29, 0.717) is 45.0 Å². The van der Waals surface area contributed by atoms with Crippen molar-refractivity contribution in [2.75, 3.05) is 49.5 Å². The van der Waals surface area contributed by atoms with Crippen molar-refractivity contribution < 1.29 is 26.4 Å². The van der Waals surface area contributed by atoms with Gasteiger partial charge in [-0.15, -0.1) is 0 Å². The van der Waals surface area contributed by atoms with Crippen LogP contribution in [0.15, 0.2) is 53.4 Å². The van der Waals surface area contributed by atoms with Crippen LogP contribution in [0.1, 0.15) is 15.9 Å². The number of rotatable bonds is 7. The maximum Gasteiger partial charge on any atom is 0.264 e. The fourth-order valence-corrected chi connectivity index (χ4v) is 6.71. The molecule has 0 atom stereocenters. The summed E-state index contributed by atoms with van der Waals surface area (Å²) in [6, 6.07) is 13.1. The Hall–Kier alpha value is -2.47. The molecular weight excluding hydrogens is 454 g/mol. The first-order chi connectivity index (χ1) is 15.3. The molecule has 2 heterocycles. The van der Waals surface area contributed by atoms with Gasteiger partial charge in [0.25, 0.3) is 15.9 Å².